The van der Waals surface area contributed by atoms with Crippen LogP contribution in [0.2, 0.25) is 0 Å². The first kappa shape index (κ1) is 29.1. The standard InChI is InChI=1S/C48H32N2O/c1-2-13-35(14-3-1)49(37-31-27-34(28-32-37)39-19-12-24-47-48(39)42-18-7-11-23-46(42)51-47)36-29-25-33(26-30-36)38-15-4-8-20-43(38)50-44-21-9-5-16-40(44)41-17-6-10-22-45(41)50/h1-32H. The van der Waals surface area contributed by atoms with Gasteiger partial charge in [0, 0.05) is 44.2 Å². The van der Waals surface area contributed by atoms with Crippen LogP contribution >= 0.6 is 0 Å². The van der Waals surface area contributed by atoms with E-state index in [1.54, 1.807) is 0 Å². The minimum Gasteiger partial charge on any atom is -0.456 e. The molecule has 0 amide bonds. The Kier molecular flexibility index (Phi) is 6.81. The van der Waals surface area contributed by atoms with Gasteiger partial charge in [-0.15, -0.1) is 0 Å². The molecule has 0 radical (unpaired) electrons. The largest absolute Gasteiger partial charge is 0.456 e. The first-order valence-corrected chi connectivity index (χ1v) is 17.4. The van der Waals surface area contributed by atoms with Crippen molar-refractivity contribution in [3.8, 4) is 27.9 Å². The number of aromatic nitrogens is 1. The maximum Gasteiger partial charge on any atom is 0.136 e. The van der Waals surface area contributed by atoms with Crippen molar-refractivity contribution in [3.63, 3.8) is 0 Å². The molecule has 240 valence electrons. The lowest BCUT2D eigenvalue weighted by Gasteiger charge is -2.26. The Hall–Kier alpha value is -6.84. The van der Waals surface area contributed by atoms with Gasteiger partial charge in [0.1, 0.15) is 11.2 Å². The average Bonchev–Trinajstić information content (AvgIpc) is 3.75. The maximum absolute atomic E-state index is 6.19. The fraction of sp³-hybridized carbons (Fsp3) is 0. The number of benzene rings is 8. The van der Waals surface area contributed by atoms with Gasteiger partial charge in [-0.05, 0) is 83.4 Å². The van der Waals surface area contributed by atoms with Gasteiger partial charge in [0.25, 0.3) is 0 Å². The lowest BCUT2D eigenvalue weighted by Crippen LogP contribution is -2.09. The van der Waals surface area contributed by atoms with Gasteiger partial charge >= 0.3 is 0 Å². The summed E-state index contributed by atoms with van der Waals surface area (Å²) >= 11 is 0. The second-order valence-electron chi connectivity index (χ2n) is 12.9. The topological polar surface area (TPSA) is 21.3 Å². The molecule has 0 fully saturated rings. The summed E-state index contributed by atoms with van der Waals surface area (Å²) in [5.74, 6) is 0. The van der Waals surface area contributed by atoms with Gasteiger partial charge in [0.05, 0.1) is 16.7 Å². The molecule has 0 aliphatic heterocycles. The normalized spacial score (nSPS) is 11.5. The van der Waals surface area contributed by atoms with Gasteiger partial charge < -0.3 is 13.9 Å². The van der Waals surface area contributed by atoms with E-state index in [0.29, 0.717) is 0 Å². The summed E-state index contributed by atoms with van der Waals surface area (Å²) in [4.78, 5) is 2.32. The predicted octanol–water partition coefficient (Wildman–Crippen LogP) is 13.5. The zero-order valence-electron chi connectivity index (χ0n) is 27.8. The van der Waals surface area contributed by atoms with Crippen molar-refractivity contribution in [2.45, 2.75) is 0 Å². The van der Waals surface area contributed by atoms with Gasteiger partial charge in [-0.3, -0.25) is 0 Å². The highest BCUT2D eigenvalue weighted by molar-refractivity contribution is 6.12. The van der Waals surface area contributed by atoms with Crippen molar-refractivity contribution >= 4 is 60.8 Å². The van der Waals surface area contributed by atoms with Crippen molar-refractivity contribution < 1.29 is 4.42 Å². The van der Waals surface area contributed by atoms with E-state index in [9.17, 15) is 0 Å². The number of rotatable bonds is 6. The third kappa shape index (κ3) is 4.82. The van der Waals surface area contributed by atoms with Gasteiger partial charge in [-0.1, -0.05) is 127 Å². The number of para-hydroxylation sites is 5. The van der Waals surface area contributed by atoms with E-state index < -0.39 is 0 Å². The van der Waals surface area contributed by atoms with Gasteiger partial charge in [0.15, 0.2) is 0 Å². The molecule has 3 nitrogen and oxygen atoms in total. The van der Waals surface area contributed by atoms with E-state index in [0.717, 1.165) is 44.6 Å². The van der Waals surface area contributed by atoms with Crippen molar-refractivity contribution in [1.82, 2.24) is 4.57 Å². The molecule has 2 aromatic heterocycles. The Bertz CT molecular complexity index is 2790. The fourth-order valence-electron chi connectivity index (χ4n) is 7.71. The molecule has 0 saturated carbocycles. The summed E-state index contributed by atoms with van der Waals surface area (Å²) in [6.07, 6.45) is 0. The van der Waals surface area contributed by atoms with Crippen LogP contribution in [0.25, 0.3) is 71.7 Å². The van der Waals surface area contributed by atoms with E-state index in [1.807, 2.05) is 12.1 Å². The molecular weight excluding hydrogens is 621 g/mol. The SMILES string of the molecule is c1ccc(N(c2ccc(-c3ccccc3-n3c4ccccc4c4ccccc43)cc2)c2ccc(-c3cccc4oc5ccccc5c34)cc2)cc1. The van der Waals surface area contributed by atoms with Crippen molar-refractivity contribution in [2.75, 3.05) is 4.90 Å². The lowest BCUT2D eigenvalue weighted by molar-refractivity contribution is 0.669. The summed E-state index contributed by atoms with van der Waals surface area (Å²) in [6, 6.07) is 69.1. The Labute approximate surface area is 295 Å². The molecule has 51 heavy (non-hydrogen) atoms. The van der Waals surface area contributed by atoms with Gasteiger partial charge in [-0.2, -0.15) is 0 Å². The minimum absolute atomic E-state index is 0.906. The zero-order chi connectivity index (χ0) is 33.7. The van der Waals surface area contributed by atoms with E-state index in [2.05, 4.69) is 191 Å². The third-order valence-electron chi connectivity index (χ3n) is 10.0. The Morgan fingerprint density at radius 3 is 1.53 bits per heavy atom. The number of hydrogen-bond donors (Lipinski definition) is 0. The van der Waals surface area contributed by atoms with E-state index in [4.69, 9.17) is 4.42 Å². The molecule has 2 heterocycles. The van der Waals surface area contributed by atoms with Crippen LogP contribution in [0, 0.1) is 0 Å². The summed E-state index contributed by atoms with van der Waals surface area (Å²) in [6.45, 7) is 0. The van der Waals surface area contributed by atoms with Crippen LogP contribution in [0.1, 0.15) is 0 Å². The van der Waals surface area contributed by atoms with Crippen molar-refractivity contribution in [2.24, 2.45) is 0 Å². The second-order valence-corrected chi connectivity index (χ2v) is 12.9. The second kappa shape index (κ2) is 11.9. The lowest BCUT2D eigenvalue weighted by atomic mass is 9.99. The van der Waals surface area contributed by atoms with Crippen LogP contribution in [0.15, 0.2) is 199 Å². The zero-order valence-corrected chi connectivity index (χ0v) is 27.8. The molecule has 0 bridgehead atoms. The van der Waals surface area contributed by atoms with Gasteiger partial charge in [0.2, 0.25) is 0 Å². The highest BCUT2D eigenvalue weighted by atomic mass is 16.3. The molecule has 10 rings (SSSR count). The molecule has 8 aromatic carbocycles. The van der Waals surface area contributed by atoms with Crippen molar-refractivity contribution in [1.29, 1.82) is 0 Å². The first-order chi connectivity index (χ1) is 25.3. The van der Waals surface area contributed by atoms with Crippen LogP contribution in [-0.2, 0) is 0 Å². The van der Waals surface area contributed by atoms with Crippen LogP contribution in [0.4, 0.5) is 17.1 Å². The summed E-state index contributed by atoms with van der Waals surface area (Å²) in [5, 5.41) is 4.81. The minimum atomic E-state index is 0.906. The molecule has 0 aliphatic rings. The predicted molar refractivity (Wildman–Crippen MR) is 214 cm³/mol. The smallest absolute Gasteiger partial charge is 0.136 e. The van der Waals surface area contributed by atoms with Gasteiger partial charge in [-0.25, -0.2) is 0 Å². The molecule has 0 atom stereocenters. The molecule has 3 heteroatoms. The number of fused-ring (bicyclic) bond motifs is 6. The Morgan fingerprint density at radius 1 is 0.353 bits per heavy atom. The number of nitrogens with zero attached hydrogens (tertiary/aromatic N) is 2. The number of furan rings is 1. The highest BCUT2D eigenvalue weighted by Gasteiger charge is 2.18. The third-order valence-corrected chi connectivity index (χ3v) is 10.0. The average molecular weight is 653 g/mol. The van der Waals surface area contributed by atoms with E-state index >= 15 is 0 Å². The molecule has 0 aliphatic carbocycles. The number of hydrogen-bond acceptors (Lipinski definition) is 2. The summed E-state index contributed by atoms with van der Waals surface area (Å²) < 4.78 is 8.59. The molecule has 0 unspecified atom stereocenters. The van der Waals surface area contributed by atoms with Crippen LogP contribution in [0.3, 0.4) is 0 Å². The van der Waals surface area contributed by atoms with Crippen LogP contribution in [0.5, 0.6) is 0 Å². The summed E-state index contributed by atoms with van der Waals surface area (Å²) in [7, 11) is 0. The fourth-order valence-corrected chi connectivity index (χ4v) is 7.71. The number of anilines is 3. The first-order valence-electron chi connectivity index (χ1n) is 17.4. The monoisotopic (exact) mass is 652 g/mol. The maximum atomic E-state index is 6.19. The molecule has 0 spiro atoms. The van der Waals surface area contributed by atoms with E-state index in [1.165, 1.54) is 44.2 Å². The quantitative estimate of drug-likeness (QED) is 0.178. The Balaban J connectivity index is 1.05. The molecule has 0 N–H and O–H groups in total. The summed E-state index contributed by atoms with van der Waals surface area (Å²) in [5.41, 5.74) is 13.4. The van der Waals surface area contributed by atoms with Crippen LogP contribution < -0.4 is 4.90 Å². The molecule has 10 aromatic rings. The highest BCUT2D eigenvalue weighted by Crippen LogP contribution is 2.41. The molecular formula is C48H32N2O. The molecule has 0 saturated heterocycles. The van der Waals surface area contributed by atoms with Crippen molar-refractivity contribution in [3.05, 3.63) is 194 Å². The van der Waals surface area contributed by atoms with Crippen LogP contribution in [-0.4, -0.2) is 4.57 Å². The van der Waals surface area contributed by atoms with E-state index in [-0.39, 0.29) is 0 Å². The Morgan fingerprint density at radius 2 is 0.843 bits per heavy atom.